The van der Waals surface area contributed by atoms with Gasteiger partial charge in [-0.1, -0.05) is 36.8 Å². The van der Waals surface area contributed by atoms with E-state index in [1.54, 1.807) is 0 Å². The zero-order chi connectivity index (χ0) is 16.9. The summed E-state index contributed by atoms with van der Waals surface area (Å²) >= 11 is 5.54. The van der Waals surface area contributed by atoms with E-state index in [0.717, 1.165) is 12.7 Å². The van der Waals surface area contributed by atoms with Gasteiger partial charge in [0.2, 0.25) is 5.91 Å². The summed E-state index contributed by atoms with van der Waals surface area (Å²) < 4.78 is 4.72. The van der Waals surface area contributed by atoms with E-state index in [2.05, 4.69) is 6.58 Å². The molecule has 6 nitrogen and oxygen atoms in total. The molecule has 0 aromatic rings. The van der Waals surface area contributed by atoms with Crippen LogP contribution < -0.4 is 0 Å². The van der Waals surface area contributed by atoms with E-state index in [4.69, 9.17) is 16.3 Å². The minimum atomic E-state index is -1.68. The van der Waals surface area contributed by atoms with Crippen LogP contribution >= 0.6 is 11.6 Å². The Kier molecular flexibility index (Phi) is 6.32. The van der Waals surface area contributed by atoms with Crippen LogP contribution in [0.3, 0.4) is 0 Å². The highest BCUT2D eigenvalue weighted by Crippen LogP contribution is 2.37. The van der Waals surface area contributed by atoms with Crippen molar-refractivity contribution in [1.82, 2.24) is 5.06 Å². The van der Waals surface area contributed by atoms with Crippen LogP contribution in [0.4, 0.5) is 0 Å². The Morgan fingerprint density at radius 2 is 2.14 bits per heavy atom. The first kappa shape index (κ1) is 18.4. The first-order valence-electron chi connectivity index (χ1n) is 6.91. The fourth-order valence-electron chi connectivity index (χ4n) is 2.43. The van der Waals surface area contributed by atoms with E-state index in [1.807, 2.05) is 6.92 Å². The topological polar surface area (TPSA) is 83.9 Å². The number of carbonyl (C=O) groups is 3. The fourth-order valence-corrected chi connectivity index (χ4v) is 2.55. The maximum atomic E-state index is 12.3. The Bertz CT molecular complexity index is 528. The fraction of sp³-hybridized carbons (Fsp3) is 0.533. The second-order valence-electron chi connectivity index (χ2n) is 5.19. The van der Waals surface area contributed by atoms with Crippen molar-refractivity contribution in [1.29, 1.82) is 0 Å². The highest BCUT2D eigenvalue weighted by atomic mass is 35.5. The first-order valence-corrected chi connectivity index (χ1v) is 7.29. The van der Waals surface area contributed by atoms with Crippen LogP contribution in [0, 0.1) is 5.41 Å². The Labute approximate surface area is 134 Å². The maximum Gasteiger partial charge on any atom is 0.323 e. The number of Topliss-reactive ketones (excluding diaryl/α,β-unsaturated/α-hetero) is 1. The number of esters is 1. The number of carbonyl (C=O) groups excluding carboxylic acids is 3. The van der Waals surface area contributed by atoms with Gasteiger partial charge in [-0.2, -0.15) is 0 Å². The quantitative estimate of drug-likeness (QED) is 0.265. The summed E-state index contributed by atoms with van der Waals surface area (Å²) in [5.41, 5.74) is -0.770. The number of hydrogen-bond acceptors (Lipinski definition) is 5. The highest BCUT2D eigenvalue weighted by molar-refractivity contribution is 6.29. The lowest BCUT2D eigenvalue weighted by Gasteiger charge is -2.31. The number of hydroxylamine groups is 2. The second kappa shape index (κ2) is 7.56. The Balaban J connectivity index is 3.13. The van der Waals surface area contributed by atoms with Crippen molar-refractivity contribution in [3.63, 3.8) is 0 Å². The summed E-state index contributed by atoms with van der Waals surface area (Å²) in [6.07, 6.45) is 2.40. The average Bonchev–Trinajstić information content (AvgIpc) is 2.47. The first-order chi connectivity index (χ1) is 10.3. The molecule has 1 N–H and O–H groups in total. The molecule has 122 valence electrons. The van der Waals surface area contributed by atoms with E-state index < -0.39 is 23.7 Å². The minimum Gasteiger partial charge on any atom is -0.468 e. The summed E-state index contributed by atoms with van der Waals surface area (Å²) in [4.78, 5) is 36.6. The van der Waals surface area contributed by atoms with Crippen molar-refractivity contribution in [2.24, 2.45) is 5.41 Å². The number of ether oxygens (including phenoxy) is 1. The largest absolute Gasteiger partial charge is 0.468 e. The van der Waals surface area contributed by atoms with E-state index in [9.17, 15) is 19.6 Å². The third-order valence-corrected chi connectivity index (χ3v) is 3.78. The van der Waals surface area contributed by atoms with Gasteiger partial charge in [0.15, 0.2) is 11.2 Å². The molecule has 1 rings (SSSR count). The Morgan fingerprint density at radius 1 is 1.50 bits per heavy atom. The summed E-state index contributed by atoms with van der Waals surface area (Å²) in [5, 5.41) is 10.1. The Morgan fingerprint density at radius 3 is 2.64 bits per heavy atom. The molecule has 0 saturated heterocycles. The molecule has 1 unspecified atom stereocenters. The molecule has 0 bridgehead atoms. The third kappa shape index (κ3) is 3.96. The SMILES string of the molecule is C=C(Cl)CN(O)C(=O)CC1(C(=O)OC)C=C(CC)CCC1=O. The number of allylic oxidation sites excluding steroid dienone is 1. The van der Waals surface area contributed by atoms with Crippen molar-refractivity contribution in [3.05, 3.63) is 23.3 Å². The average molecular weight is 330 g/mol. The van der Waals surface area contributed by atoms with Crippen LogP contribution in [-0.2, 0) is 19.1 Å². The van der Waals surface area contributed by atoms with Crippen LogP contribution in [-0.4, -0.2) is 41.6 Å². The number of rotatable bonds is 6. The molecule has 22 heavy (non-hydrogen) atoms. The van der Waals surface area contributed by atoms with Gasteiger partial charge < -0.3 is 4.74 Å². The van der Waals surface area contributed by atoms with Gasteiger partial charge in [-0.05, 0) is 12.8 Å². The molecule has 7 heteroatoms. The number of ketones is 1. The Hall–Kier alpha value is -1.66. The molecular formula is C15H20ClNO5. The van der Waals surface area contributed by atoms with Crippen LogP contribution in [0.25, 0.3) is 0 Å². The van der Waals surface area contributed by atoms with Gasteiger partial charge in [0.05, 0.1) is 20.1 Å². The smallest absolute Gasteiger partial charge is 0.323 e. The van der Waals surface area contributed by atoms with Gasteiger partial charge in [-0.15, -0.1) is 0 Å². The van der Waals surface area contributed by atoms with Gasteiger partial charge in [0.25, 0.3) is 0 Å². The molecule has 1 amide bonds. The lowest BCUT2D eigenvalue weighted by atomic mass is 9.72. The standard InChI is InChI=1S/C15H20ClNO5/c1-4-11-5-6-12(18)15(7-11,14(20)22-3)8-13(19)17(21)9-10(2)16/h7,21H,2,4-6,8-9H2,1,3H3. The number of hydrogen-bond donors (Lipinski definition) is 1. The van der Waals surface area contributed by atoms with E-state index >= 15 is 0 Å². The van der Waals surface area contributed by atoms with Gasteiger partial charge >= 0.3 is 5.97 Å². The van der Waals surface area contributed by atoms with Crippen LogP contribution in [0.1, 0.15) is 32.6 Å². The van der Waals surface area contributed by atoms with E-state index in [-0.39, 0.29) is 23.8 Å². The minimum absolute atomic E-state index is 0.0581. The predicted molar refractivity (Wildman–Crippen MR) is 80.2 cm³/mol. The number of amides is 1. The summed E-state index contributed by atoms with van der Waals surface area (Å²) in [6, 6.07) is 0. The van der Waals surface area contributed by atoms with Crippen LogP contribution in [0.2, 0.25) is 0 Å². The van der Waals surface area contributed by atoms with Crippen molar-refractivity contribution in [2.75, 3.05) is 13.7 Å². The van der Waals surface area contributed by atoms with Crippen molar-refractivity contribution in [3.8, 4) is 0 Å². The number of methoxy groups -OCH3 is 1. The molecule has 1 aliphatic carbocycles. The van der Waals surface area contributed by atoms with Crippen LogP contribution in [0.15, 0.2) is 23.3 Å². The molecular weight excluding hydrogens is 310 g/mol. The maximum absolute atomic E-state index is 12.3. The number of nitrogens with zero attached hydrogens (tertiary/aromatic N) is 1. The van der Waals surface area contributed by atoms with E-state index in [1.165, 1.54) is 6.08 Å². The summed E-state index contributed by atoms with van der Waals surface area (Å²) in [6.45, 7) is 5.00. The zero-order valence-corrected chi connectivity index (χ0v) is 13.5. The number of halogens is 1. The molecule has 0 aliphatic heterocycles. The monoisotopic (exact) mass is 329 g/mol. The zero-order valence-electron chi connectivity index (χ0n) is 12.7. The van der Waals surface area contributed by atoms with Gasteiger partial charge in [-0.3, -0.25) is 19.6 Å². The summed E-state index contributed by atoms with van der Waals surface area (Å²) in [7, 11) is 1.16. The molecule has 0 fully saturated rings. The summed E-state index contributed by atoms with van der Waals surface area (Å²) in [5.74, 6) is -1.98. The molecule has 0 spiro atoms. The normalized spacial score (nSPS) is 21.1. The molecule has 1 aliphatic rings. The molecule has 0 saturated carbocycles. The third-order valence-electron chi connectivity index (χ3n) is 3.66. The highest BCUT2D eigenvalue weighted by Gasteiger charge is 2.48. The van der Waals surface area contributed by atoms with Gasteiger partial charge in [-0.25, -0.2) is 5.06 Å². The molecule has 1 atom stereocenters. The van der Waals surface area contributed by atoms with Crippen molar-refractivity contribution < 1.29 is 24.3 Å². The van der Waals surface area contributed by atoms with Crippen molar-refractivity contribution in [2.45, 2.75) is 32.6 Å². The lowest BCUT2D eigenvalue weighted by Crippen LogP contribution is -2.45. The molecule has 0 aromatic carbocycles. The van der Waals surface area contributed by atoms with E-state index in [0.29, 0.717) is 17.9 Å². The molecule has 0 radical (unpaired) electrons. The van der Waals surface area contributed by atoms with Gasteiger partial charge in [0, 0.05) is 11.5 Å². The second-order valence-corrected chi connectivity index (χ2v) is 5.72. The molecule has 0 aromatic heterocycles. The lowest BCUT2D eigenvalue weighted by molar-refractivity contribution is -0.171. The predicted octanol–water partition coefficient (Wildman–Crippen LogP) is 2.21. The van der Waals surface area contributed by atoms with Crippen molar-refractivity contribution >= 4 is 29.3 Å². The molecule has 0 heterocycles. The van der Waals surface area contributed by atoms with Gasteiger partial charge in [0.1, 0.15) is 0 Å². The van der Waals surface area contributed by atoms with Crippen LogP contribution in [0.5, 0.6) is 0 Å².